The van der Waals surface area contributed by atoms with Crippen molar-refractivity contribution in [3.63, 3.8) is 0 Å². The summed E-state index contributed by atoms with van der Waals surface area (Å²) in [6.07, 6.45) is 6.90. The van der Waals surface area contributed by atoms with Crippen molar-refractivity contribution in [2.24, 2.45) is 0 Å². The fourth-order valence-electron chi connectivity index (χ4n) is 4.43. The highest BCUT2D eigenvalue weighted by atomic mass is 16.6. The lowest BCUT2D eigenvalue weighted by molar-refractivity contribution is -0.143. The molecule has 0 fully saturated rings. The first-order valence-corrected chi connectivity index (χ1v) is 15.0. The van der Waals surface area contributed by atoms with Gasteiger partial charge in [-0.3, -0.25) is 19.2 Å². The lowest BCUT2D eigenvalue weighted by Crippen LogP contribution is -2.36. The number of hydrogen-bond donors (Lipinski definition) is 3. The number of anilines is 2. The maximum Gasteiger partial charge on any atom is 0.325 e. The molecule has 2 aromatic rings. The zero-order valence-corrected chi connectivity index (χ0v) is 25.7. The number of aliphatic carboxylic acids is 3. The molecular formula is C32H44N2O11. The number of carboxylic acid groups (broad SMARTS) is 3. The minimum absolute atomic E-state index is 0.000950. The van der Waals surface area contributed by atoms with E-state index in [0.717, 1.165) is 12.8 Å². The van der Waals surface area contributed by atoms with Crippen molar-refractivity contribution >= 4 is 35.3 Å². The lowest BCUT2D eigenvalue weighted by Gasteiger charge is -2.25. The van der Waals surface area contributed by atoms with Gasteiger partial charge in [-0.1, -0.05) is 63.3 Å². The fraction of sp³-hybridized carbons (Fsp3) is 0.500. The molecule has 0 aliphatic carbocycles. The Morgan fingerprint density at radius 1 is 0.578 bits per heavy atom. The van der Waals surface area contributed by atoms with Crippen LogP contribution in [0.4, 0.5) is 11.4 Å². The minimum atomic E-state index is -1.20. The second-order valence-electron chi connectivity index (χ2n) is 10.1. The molecule has 2 aromatic carbocycles. The molecule has 0 amide bonds. The number of nitrogens with zero attached hydrogens (tertiary/aromatic N) is 2. The molecule has 13 heteroatoms. The Morgan fingerprint density at radius 2 is 1.04 bits per heavy atom. The van der Waals surface area contributed by atoms with Gasteiger partial charge < -0.3 is 44.1 Å². The molecule has 0 saturated heterocycles. The third kappa shape index (κ3) is 15.2. The maximum absolute atomic E-state index is 12.5. The number of hydrogen-bond acceptors (Lipinski definition) is 10. The van der Waals surface area contributed by atoms with Crippen LogP contribution >= 0.6 is 0 Å². The summed E-state index contributed by atoms with van der Waals surface area (Å²) in [5.74, 6) is -3.57. The van der Waals surface area contributed by atoms with E-state index in [1.165, 1.54) is 35.5 Å². The molecule has 0 unspecified atom stereocenters. The van der Waals surface area contributed by atoms with Gasteiger partial charge in [0.25, 0.3) is 0 Å². The van der Waals surface area contributed by atoms with Crippen LogP contribution in [0.5, 0.6) is 11.5 Å². The van der Waals surface area contributed by atoms with E-state index in [4.69, 9.17) is 18.9 Å². The summed E-state index contributed by atoms with van der Waals surface area (Å²) in [6, 6.07) is 13.1. The fourth-order valence-corrected chi connectivity index (χ4v) is 4.43. The number of carboxylic acids is 3. The van der Waals surface area contributed by atoms with E-state index in [-0.39, 0.29) is 38.7 Å². The molecule has 0 spiro atoms. The summed E-state index contributed by atoms with van der Waals surface area (Å²) < 4.78 is 22.5. The van der Waals surface area contributed by atoms with Crippen molar-refractivity contribution < 1.29 is 53.4 Å². The number of ether oxygens (including phenoxy) is 4. The van der Waals surface area contributed by atoms with Crippen LogP contribution < -0.4 is 19.3 Å². The minimum Gasteiger partial charge on any atom is -0.488 e. The average molecular weight is 633 g/mol. The summed E-state index contributed by atoms with van der Waals surface area (Å²) in [7, 11) is 0. The Labute approximate surface area is 263 Å². The number of para-hydroxylation sites is 4. The quantitative estimate of drug-likeness (QED) is 0.106. The number of esters is 1. The average Bonchev–Trinajstić information content (AvgIpc) is 2.99. The highest BCUT2D eigenvalue weighted by Crippen LogP contribution is 2.30. The number of carbonyl (C=O) groups is 4. The molecule has 248 valence electrons. The third-order valence-corrected chi connectivity index (χ3v) is 6.44. The number of benzene rings is 2. The van der Waals surface area contributed by atoms with E-state index in [2.05, 4.69) is 6.92 Å². The normalized spacial score (nSPS) is 10.6. The molecule has 2 rings (SSSR count). The van der Waals surface area contributed by atoms with Crippen molar-refractivity contribution in [2.75, 3.05) is 69.0 Å². The summed E-state index contributed by atoms with van der Waals surface area (Å²) in [6.45, 7) is 1.22. The van der Waals surface area contributed by atoms with Crippen LogP contribution in [0, 0.1) is 0 Å². The predicted molar refractivity (Wildman–Crippen MR) is 166 cm³/mol. The highest BCUT2D eigenvalue weighted by molar-refractivity contribution is 5.82. The first-order chi connectivity index (χ1) is 21.7. The van der Waals surface area contributed by atoms with Gasteiger partial charge in [-0.25, -0.2) is 0 Å². The second kappa shape index (κ2) is 21.2. The van der Waals surface area contributed by atoms with Crippen molar-refractivity contribution in [1.82, 2.24) is 0 Å². The molecule has 3 N–H and O–H groups in total. The second-order valence-corrected chi connectivity index (χ2v) is 10.1. The van der Waals surface area contributed by atoms with E-state index in [9.17, 15) is 34.5 Å². The SMILES string of the molecule is CCCCCCCCOCCOC(=O)CN(CC(=O)O)c1ccccc1OCCOc1ccccc1N(CC(=O)O)CC(=O)O. The van der Waals surface area contributed by atoms with Crippen LogP contribution in [0.2, 0.25) is 0 Å². The predicted octanol–water partition coefficient (Wildman–Crippen LogP) is 3.93. The molecule has 0 aliphatic heterocycles. The Morgan fingerprint density at radius 3 is 1.56 bits per heavy atom. The summed E-state index contributed by atoms with van der Waals surface area (Å²) >= 11 is 0. The summed E-state index contributed by atoms with van der Waals surface area (Å²) in [5.41, 5.74) is 0.660. The zero-order valence-electron chi connectivity index (χ0n) is 25.7. The monoisotopic (exact) mass is 632 g/mol. The highest BCUT2D eigenvalue weighted by Gasteiger charge is 2.20. The molecular weight excluding hydrogens is 588 g/mol. The van der Waals surface area contributed by atoms with Gasteiger partial charge in [0.05, 0.1) is 18.0 Å². The molecule has 0 radical (unpaired) electrons. The lowest BCUT2D eigenvalue weighted by atomic mass is 10.1. The van der Waals surface area contributed by atoms with Gasteiger partial charge in [0.15, 0.2) is 0 Å². The molecule has 13 nitrogen and oxygen atoms in total. The topological polar surface area (TPSA) is 172 Å². The smallest absolute Gasteiger partial charge is 0.325 e. The molecule has 0 saturated carbocycles. The largest absolute Gasteiger partial charge is 0.488 e. The van der Waals surface area contributed by atoms with Gasteiger partial charge in [0.2, 0.25) is 0 Å². The number of rotatable bonds is 25. The van der Waals surface area contributed by atoms with E-state index in [1.54, 1.807) is 48.5 Å². The number of unbranched alkanes of at least 4 members (excludes halogenated alkanes) is 5. The number of carbonyl (C=O) groups excluding carboxylic acids is 1. The zero-order chi connectivity index (χ0) is 32.9. The van der Waals surface area contributed by atoms with E-state index >= 15 is 0 Å². The Balaban J connectivity index is 1.92. The summed E-state index contributed by atoms with van der Waals surface area (Å²) in [4.78, 5) is 49.2. The van der Waals surface area contributed by atoms with Gasteiger partial charge in [-0.15, -0.1) is 0 Å². The first-order valence-electron chi connectivity index (χ1n) is 15.0. The molecule has 0 bridgehead atoms. The Kier molecular flexibility index (Phi) is 17.3. The van der Waals surface area contributed by atoms with Gasteiger partial charge in [0.1, 0.15) is 57.5 Å². The molecule has 0 atom stereocenters. The first kappa shape index (κ1) is 36.7. The molecule has 0 aromatic heterocycles. The third-order valence-electron chi connectivity index (χ3n) is 6.44. The van der Waals surface area contributed by atoms with E-state index in [0.29, 0.717) is 23.7 Å². The van der Waals surface area contributed by atoms with Gasteiger partial charge in [0, 0.05) is 6.61 Å². The Bertz CT molecular complexity index is 1190. The molecule has 0 heterocycles. The van der Waals surface area contributed by atoms with Crippen LogP contribution in [-0.4, -0.2) is 98.4 Å². The van der Waals surface area contributed by atoms with Crippen molar-refractivity contribution in [2.45, 2.75) is 45.4 Å². The van der Waals surface area contributed by atoms with Gasteiger partial charge in [-0.05, 0) is 30.7 Å². The van der Waals surface area contributed by atoms with Crippen molar-refractivity contribution in [3.8, 4) is 11.5 Å². The molecule has 45 heavy (non-hydrogen) atoms. The van der Waals surface area contributed by atoms with Crippen molar-refractivity contribution in [1.29, 1.82) is 0 Å². The Hall–Kier alpha value is -4.52. The molecule has 0 aliphatic rings. The van der Waals surface area contributed by atoms with Crippen LogP contribution in [0.3, 0.4) is 0 Å². The van der Waals surface area contributed by atoms with Gasteiger partial charge >= 0.3 is 23.9 Å². The summed E-state index contributed by atoms with van der Waals surface area (Å²) in [5, 5.41) is 27.9. The maximum atomic E-state index is 12.5. The van der Waals surface area contributed by atoms with Crippen molar-refractivity contribution in [3.05, 3.63) is 48.5 Å². The van der Waals surface area contributed by atoms with Crippen LogP contribution in [0.15, 0.2) is 48.5 Å². The van der Waals surface area contributed by atoms with E-state index in [1.807, 2.05) is 0 Å². The van der Waals surface area contributed by atoms with Crippen LogP contribution in [0.1, 0.15) is 45.4 Å². The van der Waals surface area contributed by atoms with Gasteiger partial charge in [-0.2, -0.15) is 0 Å². The van der Waals surface area contributed by atoms with E-state index < -0.39 is 43.5 Å². The van der Waals surface area contributed by atoms with Crippen LogP contribution in [0.25, 0.3) is 0 Å². The standard InChI is InChI=1S/C32H44N2O11/c1-2-3-4-5-6-11-16-42-17-18-45-32(41)24-34(23-31(39)40)26-13-8-10-15-28(26)44-20-19-43-27-14-9-7-12-25(27)33(21-29(35)36)22-30(37)38/h7-10,12-15H,2-6,11,16-24H2,1H3,(H,35,36)(H,37,38)(H,39,40). The van der Waals surface area contributed by atoms with Crippen LogP contribution in [-0.2, 0) is 28.7 Å².